The molecular formula is C21H29IN4O3. The van der Waals surface area contributed by atoms with Gasteiger partial charge in [-0.25, -0.2) is 0 Å². The van der Waals surface area contributed by atoms with Crippen LogP contribution in [0.15, 0.2) is 52.1 Å². The van der Waals surface area contributed by atoms with E-state index >= 15 is 0 Å². The van der Waals surface area contributed by atoms with Crippen molar-refractivity contribution >= 4 is 35.8 Å². The third-order valence-electron chi connectivity index (χ3n) is 4.56. The first kappa shape index (κ1) is 23.1. The molecule has 0 unspecified atom stereocenters. The zero-order chi connectivity index (χ0) is 19.9. The first-order chi connectivity index (χ1) is 13.6. The Labute approximate surface area is 189 Å². The van der Waals surface area contributed by atoms with Crippen molar-refractivity contribution in [3.05, 3.63) is 54.0 Å². The number of carbonyl (C=O) groups is 1. The second kappa shape index (κ2) is 11.1. The van der Waals surface area contributed by atoms with Crippen molar-refractivity contribution in [2.24, 2.45) is 4.99 Å². The van der Waals surface area contributed by atoms with E-state index in [0.29, 0.717) is 25.4 Å². The van der Waals surface area contributed by atoms with E-state index in [9.17, 15) is 4.79 Å². The van der Waals surface area contributed by atoms with E-state index < -0.39 is 0 Å². The molecule has 8 heteroatoms. The number of furan rings is 1. The van der Waals surface area contributed by atoms with Crippen LogP contribution in [0.25, 0.3) is 0 Å². The Morgan fingerprint density at radius 2 is 1.79 bits per heavy atom. The Kier molecular flexibility index (Phi) is 8.81. The molecule has 0 spiro atoms. The van der Waals surface area contributed by atoms with Crippen LogP contribution in [-0.2, 0) is 6.54 Å². The van der Waals surface area contributed by atoms with E-state index in [-0.39, 0.29) is 36.0 Å². The van der Waals surface area contributed by atoms with Gasteiger partial charge in [-0.05, 0) is 43.7 Å². The minimum atomic E-state index is -0.0590. The number of hydrogen-bond donors (Lipinski definition) is 1. The van der Waals surface area contributed by atoms with Gasteiger partial charge in [0, 0.05) is 39.8 Å². The van der Waals surface area contributed by atoms with Crippen molar-refractivity contribution in [1.29, 1.82) is 0 Å². The van der Waals surface area contributed by atoms with Crippen LogP contribution in [0.1, 0.15) is 30.0 Å². The SMILES string of the molecule is CN=C(NCc1ccc(OC(C)C)cc1)N1CCN(C(=O)c2ccco2)CC1.I. The summed E-state index contributed by atoms with van der Waals surface area (Å²) < 4.78 is 10.9. The highest BCUT2D eigenvalue weighted by Crippen LogP contribution is 2.14. The van der Waals surface area contributed by atoms with E-state index in [1.807, 2.05) is 30.9 Å². The average Bonchev–Trinajstić information content (AvgIpc) is 3.24. The van der Waals surface area contributed by atoms with Gasteiger partial charge in [-0.2, -0.15) is 0 Å². The molecule has 7 nitrogen and oxygen atoms in total. The molecule has 2 heterocycles. The van der Waals surface area contributed by atoms with Gasteiger partial charge < -0.3 is 24.3 Å². The van der Waals surface area contributed by atoms with Crippen molar-refractivity contribution in [2.45, 2.75) is 26.5 Å². The quantitative estimate of drug-likeness (QED) is 0.379. The molecule has 2 aromatic rings. The topological polar surface area (TPSA) is 70.3 Å². The van der Waals surface area contributed by atoms with Crippen molar-refractivity contribution < 1.29 is 13.9 Å². The summed E-state index contributed by atoms with van der Waals surface area (Å²) in [5.74, 6) is 2.05. The number of amides is 1. The molecule has 1 fully saturated rings. The number of hydrogen-bond acceptors (Lipinski definition) is 4. The molecule has 3 rings (SSSR count). The number of benzene rings is 1. The number of halogens is 1. The van der Waals surface area contributed by atoms with Crippen molar-refractivity contribution in [3.63, 3.8) is 0 Å². The van der Waals surface area contributed by atoms with Gasteiger partial charge in [0.1, 0.15) is 5.75 Å². The maximum Gasteiger partial charge on any atom is 0.289 e. The van der Waals surface area contributed by atoms with Gasteiger partial charge in [-0.3, -0.25) is 9.79 Å². The van der Waals surface area contributed by atoms with E-state index in [1.54, 1.807) is 19.2 Å². The fourth-order valence-corrected chi connectivity index (χ4v) is 3.15. The summed E-state index contributed by atoms with van der Waals surface area (Å²) in [7, 11) is 1.78. The van der Waals surface area contributed by atoms with Crippen molar-refractivity contribution in [1.82, 2.24) is 15.1 Å². The highest BCUT2D eigenvalue weighted by atomic mass is 127. The summed E-state index contributed by atoms with van der Waals surface area (Å²) in [6, 6.07) is 11.5. The van der Waals surface area contributed by atoms with Gasteiger partial charge in [0.2, 0.25) is 0 Å². The fourth-order valence-electron chi connectivity index (χ4n) is 3.15. The van der Waals surface area contributed by atoms with Gasteiger partial charge in [0.15, 0.2) is 11.7 Å². The third-order valence-corrected chi connectivity index (χ3v) is 4.56. The standard InChI is InChI=1S/C21H28N4O3.HI/c1-16(2)28-18-8-6-17(7-9-18)15-23-21(22-3)25-12-10-24(11-13-25)20(26)19-5-4-14-27-19;/h4-9,14,16H,10-13,15H2,1-3H3,(H,22,23);1H. The Morgan fingerprint density at radius 3 is 2.34 bits per heavy atom. The largest absolute Gasteiger partial charge is 0.491 e. The molecule has 0 bridgehead atoms. The lowest BCUT2D eigenvalue weighted by Gasteiger charge is -2.36. The van der Waals surface area contributed by atoms with Crippen LogP contribution in [0.5, 0.6) is 5.75 Å². The summed E-state index contributed by atoms with van der Waals surface area (Å²) >= 11 is 0. The molecule has 158 valence electrons. The molecule has 1 aromatic carbocycles. The molecule has 0 saturated carbocycles. The molecule has 1 N–H and O–H groups in total. The third kappa shape index (κ3) is 6.38. The molecule has 0 aliphatic carbocycles. The van der Waals surface area contributed by atoms with E-state index in [2.05, 4.69) is 27.3 Å². The maximum atomic E-state index is 12.4. The first-order valence-corrected chi connectivity index (χ1v) is 9.61. The predicted molar refractivity (Wildman–Crippen MR) is 124 cm³/mol. The molecule has 1 aromatic heterocycles. The Balaban J connectivity index is 0.00000300. The lowest BCUT2D eigenvalue weighted by Crippen LogP contribution is -2.53. The summed E-state index contributed by atoms with van der Waals surface area (Å²) in [4.78, 5) is 20.7. The smallest absolute Gasteiger partial charge is 0.289 e. The minimum absolute atomic E-state index is 0. The van der Waals surface area contributed by atoms with Gasteiger partial charge in [0.05, 0.1) is 12.4 Å². The number of nitrogens with one attached hydrogen (secondary N) is 1. The fraction of sp³-hybridized carbons (Fsp3) is 0.429. The van der Waals surface area contributed by atoms with Crippen LogP contribution in [-0.4, -0.2) is 61.0 Å². The predicted octanol–water partition coefficient (Wildman–Crippen LogP) is 3.22. The van der Waals surface area contributed by atoms with Gasteiger partial charge in [0.25, 0.3) is 5.91 Å². The molecular weight excluding hydrogens is 483 g/mol. The molecule has 0 radical (unpaired) electrons. The maximum absolute atomic E-state index is 12.4. The van der Waals surface area contributed by atoms with Crippen LogP contribution >= 0.6 is 24.0 Å². The van der Waals surface area contributed by atoms with Crippen LogP contribution in [0, 0.1) is 0 Å². The van der Waals surface area contributed by atoms with Crippen LogP contribution in [0.2, 0.25) is 0 Å². The summed E-state index contributed by atoms with van der Waals surface area (Å²) in [6.07, 6.45) is 1.69. The lowest BCUT2D eigenvalue weighted by molar-refractivity contribution is 0.0657. The molecule has 1 saturated heterocycles. The van der Waals surface area contributed by atoms with Crippen molar-refractivity contribution in [2.75, 3.05) is 33.2 Å². The number of nitrogens with zero attached hydrogens (tertiary/aromatic N) is 3. The second-order valence-electron chi connectivity index (χ2n) is 6.97. The van der Waals surface area contributed by atoms with Crippen LogP contribution in [0.3, 0.4) is 0 Å². The highest BCUT2D eigenvalue weighted by molar-refractivity contribution is 14.0. The van der Waals surface area contributed by atoms with Crippen molar-refractivity contribution in [3.8, 4) is 5.75 Å². The normalized spacial score (nSPS) is 14.6. The zero-order valence-corrected chi connectivity index (χ0v) is 19.5. The minimum Gasteiger partial charge on any atom is -0.491 e. The molecule has 29 heavy (non-hydrogen) atoms. The Bertz CT molecular complexity index is 783. The summed E-state index contributed by atoms with van der Waals surface area (Å²) in [5.41, 5.74) is 1.16. The van der Waals surface area contributed by atoms with Crippen LogP contribution in [0.4, 0.5) is 0 Å². The monoisotopic (exact) mass is 512 g/mol. The van der Waals surface area contributed by atoms with E-state index in [1.165, 1.54) is 6.26 Å². The molecule has 1 aliphatic heterocycles. The second-order valence-corrected chi connectivity index (χ2v) is 6.97. The molecule has 0 atom stereocenters. The Morgan fingerprint density at radius 1 is 1.14 bits per heavy atom. The number of piperazine rings is 1. The Hall–Kier alpha value is -2.23. The number of guanidine groups is 1. The van der Waals surface area contributed by atoms with E-state index in [0.717, 1.165) is 30.4 Å². The average molecular weight is 512 g/mol. The highest BCUT2D eigenvalue weighted by Gasteiger charge is 2.25. The number of aliphatic imine (C=N–C) groups is 1. The summed E-state index contributed by atoms with van der Waals surface area (Å²) in [6.45, 7) is 7.45. The molecule has 1 aliphatic rings. The van der Waals surface area contributed by atoms with E-state index in [4.69, 9.17) is 9.15 Å². The van der Waals surface area contributed by atoms with Gasteiger partial charge in [-0.15, -0.1) is 24.0 Å². The lowest BCUT2D eigenvalue weighted by atomic mass is 10.2. The number of ether oxygens (including phenoxy) is 1. The van der Waals surface area contributed by atoms with Gasteiger partial charge in [-0.1, -0.05) is 12.1 Å². The first-order valence-electron chi connectivity index (χ1n) is 9.61. The number of carbonyl (C=O) groups excluding carboxylic acids is 1. The summed E-state index contributed by atoms with van der Waals surface area (Å²) in [5, 5.41) is 3.40. The van der Waals surface area contributed by atoms with Crippen LogP contribution < -0.4 is 10.1 Å². The molecule has 1 amide bonds. The number of rotatable bonds is 5. The zero-order valence-electron chi connectivity index (χ0n) is 17.1. The van der Waals surface area contributed by atoms with Gasteiger partial charge >= 0.3 is 0 Å².